The van der Waals surface area contributed by atoms with Crippen molar-refractivity contribution in [2.75, 3.05) is 6.54 Å². The van der Waals surface area contributed by atoms with Gasteiger partial charge in [-0.3, -0.25) is 9.59 Å². The quantitative estimate of drug-likeness (QED) is 0.891. The van der Waals surface area contributed by atoms with Gasteiger partial charge in [-0.1, -0.05) is 6.92 Å². The molecule has 1 aromatic rings. The second-order valence-electron chi connectivity index (χ2n) is 4.67. The molecule has 1 saturated heterocycles. The number of carbonyl (C=O) groups is 2. The maximum Gasteiger partial charge on any atom is 0.246 e. The van der Waals surface area contributed by atoms with Gasteiger partial charge >= 0.3 is 0 Å². The minimum Gasteiger partial charge on any atom is -0.345 e. The maximum absolute atomic E-state index is 12.0. The molecule has 1 unspecified atom stereocenters. The van der Waals surface area contributed by atoms with Crippen molar-refractivity contribution >= 4 is 23.2 Å². The zero-order valence-corrected chi connectivity index (χ0v) is 11.6. The summed E-state index contributed by atoms with van der Waals surface area (Å²) in [5, 5.41) is 5.47. The number of aryl methyl sites for hydroxylation is 1. The van der Waals surface area contributed by atoms with Crippen LogP contribution in [-0.4, -0.2) is 33.8 Å². The van der Waals surface area contributed by atoms with Crippen molar-refractivity contribution in [1.82, 2.24) is 15.2 Å². The molecule has 0 bridgehead atoms. The molecule has 1 atom stereocenters. The molecule has 0 aliphatic carbocycles. The highest BCUT2D eigenvalue weighted by molar-refractivity contribution is 7.09. The molecule has 2 amide bonds. The van der Waals surface area contributed by atoms with Crippen LogP contribution in [0, 0.1) is 6.92 Å². The molecule has 1 fully saturated rings. The lowest BCUT2D eigenvalue weighted by Crippen LogP contribution is -2.65. The van der Waals surface area contributed by atoms with Crippen molar-refractivity contribution in [3.63, 3.8) is 0 Å². The van der Waals surface area contributed by atoms with E-state index in [4.69, 9.17) is 0 Å². The standard InChI is InChI=1S/C12H17N3O2S/c1-4-12(3)11(17)13-5-10(16)15(12)6-9-14-8(2)7-18-9/h7H,4-6H2,1-3H3,(H,13,17). The van der Waals surface area contributed by atoms with Gasteiger partial charge < -0.3 is 10.2 Å². The molecule has 0 aromatic carbocycles. The number of piperazine rings is 1. The molecule has 0 saturated carbocycles. The molecule has 6 heteroatoms. The van der Waals surface area contributed by atoms with E-state index in [1.807, 2.05) is 19.2 Å². The van der Waals surface area contributed by atoms with Gasteiger partial charge in [-0.2, -0.15) is 0 Å². The molecule has 2 heterocycles. The van der Waals surface area contributed by atoms with E-state index in [9.17, 15) is 9.59 Å². The Labute approximate surface area is 110 Å². The first-order chi connectivity index (χ1) is 8.47. The summed E-state index contributed by atoms with van der Waals surface area (Å²) >= 11 is 1.52. The van der Waals surface area contributed by atoms with E-state index >= 15 is 0 Å². The van der Waals surface area contributed by atoms with Gasteiger partial charge in [0.05, 0.1) is 13.1 Å². The Kier molecular flexibility index (Phi) is 3.38. The molecular formula is C12H17N3O2S. The zero-order valence-electron chi connectivity index (χ0n) is 10.8. The Morgan fingerprint density at radius 2 is 2.28 bits per heavy atom. The van der Waals surface area contributed by atoms with Gasteiger partial charge in [-0.25, -0.2) is 4.98 Å². The molecule has 18 heavy (non-hydrogen) atoms. The molecule has 98 valence electrons. The van der Waals surface area contributed by atoms with Gasteiger partial charge in [-0.05, 0) is 20.3 Å². The number of hydrogen-bond acceptors (Lipinski definition) is 4. The second kappa shape index (κ2) is 4.68. The van der Waals surface area contributed by atoms with Crippen LogP contribution in [0.25, 0.3) is 0 Å². The molecule has 0 radical (unpaired) electrons. The minimum atomic E-state index is -0.769. The third kappa shape index (κ3) is 2.12. The highest BCUT2D eigenvalue weighted by Gasteiger charge is 2.44. The summed E-state index contributed by atoms with van der Waals surface area (Å²) in [6, 6.07) is 0. The van der Waals surface area contributed by atoms with Crippen LogP contribution in [0.5, 0.6) is 0 Å². The number of nitrogens with zero attached hydrogens (tertiary/aromatic N) is 2. The van der Waals surface area contributed by atoms with Crippen molar-refractivity contribution in [3.05, 3.63) is 16.1 Å². The molecular weight excluding hydrogens is 250 g/mol. The van der Waals surface area contributed by atoms with Crippen LogP contribution in [0.2, 0.25) is 0 Å². The average Bonchev–Trinajstić information content (AvgIpc) is 2.75. The summed E-state index contributed by atoms with van der Waals surface area (Å²) in [6.07, 6.45) is 0.592. The van der Waals surface area contributed by atoms with E-state index in [0.29, 0.717) is 13.0 Å². The smallest absolute Gasteiger partial charge is 0.246 e. The summed E-state index contributed by atoms with van der Waals surface area (Å²) in [4.78, 5) is 30.0. The second-order valence-corrected chi connectivity index (χ2v) is 5.62. The summed E-state index contributed by atoms with van der Waals surface area (Å²) < 4.78 is 0. The number of thiazole rings is 1. The monoisotopic (exact) mass is 267 g/mol. The first-order valence-corrected chi connectivity index (χ1v) is 6.85. The number of aromatic nitrogens is 1. The lowest BCUT2D eigenvalue weighted by Gasteiger charge is -2.42. The van der Waals surface area contributed by atoms with E-state index in [1.165, 1.54) is 11.3 Å². The minimum absolute atomic E-state index is 0.0493. The van der Waals surface area contributed by atoms with E-state index in [1.54, 1.807) is 11.8 Å². The van der Waals surface area contributed by atoms with Gasteiger partial charge in [0.25, 0.3) is 0 Å². The fourth-order valence-electron chi connectivity index (χ4n) is 2.06. The van der Waals surface area contributed by atoms with Crippen LogP contribution >= 0.6 is 11.3 Å². The van der Waals surface area contributed by atoms with E-state index in [2.05, 4.69) is 10.3 Å². The van der Waals surface area contributed by atoms with Crippen LogP contribution in [0.15, 0.2) is 5.38 Å². The Morgan fingerprint density at radius 1 is 1.56 bits per heavy atom. The SMILES string of the molecule is CCC1(C)C(=O)NCC(=O)N1Cc1nc(C)cs1. The van der Waals surface area contributed by atoms with Gasteiger partial charge in [0.1, 0.15) is 10.5 Å². The van der Waals surface area contributed by atoms with Gasteiger partial charge in [0, 0.05) is 11.1 Å². The summed E-state index contributed by atoms with van der Waals surface area (Å²) in [5.41, 5.74) is 0.177. The first-order valence-electron chi connectivity index (χ1n) is 5.97. The van der Waals surface area contributed by atoms with Crippen molar-refractivity contribution in [2.45, 2.75) is 39.3 Å². The van der Waals surface area contributed by atoms with Crippen molar-refractivity contribution < 1.29 is 9.59 Å². The molecule has 1 N–H and O–H groups in total. The highest BCUT2D eigenvalue weighted by atomic mass is 32.1. The fourth-order valence-corrected chi connectivity index (χ4v) is 2.82. The average molecular weight is 267 g/mol. The van der Waals surface area contributed by atoms with Gasteiger partial charge in [0.2, 0.25) is 11.8 Å². The van der Waals surface area contributed by atoms with Gasteiger partial charge in [0.15, 0.2) is 0 Å². The van der Waals surface area contributed by atoms with Crippen molar-refractivity contribution in [3.8, 4) is 0 Å². The number of hydrogen-bond donors (Lipinski definition) is 1. The van der Waals surface area contributed by atoms with E-state index in [0.717, 1.165) is 10.7 Å². The van der Waals surface area contributed by atoms with Crippen LogP contribution in [0.1, 0.15) is 31.0 Å². The summed E-state index contributed by atoms with van der Waals surface area (Å²) in [5.74, 6) is -0.135. The molecule has 5 nitrogen and oxygen atoms in total. The molecule has 1 aliphatic rings. The topological polar surface area (TPSA) is 62.3 Å². The molecule has 1 aromatic heterocycles. The maximum atomic E-state index is 12.0. The Balaban J connectivity index is 2.26. The van der Waals surface area contributed by atoms with Crippen molar-refractivity contribution in [1.29, 1.82) is 0 Å². The lowest BCUT2D eigenvalue weighted by atomic mass is 9.93. The Morgan fingerprint density at radius 3 is 2.83 bits per heavy atom. The Hall–Kier alpha value is -1.43. The molecule has 2 rings (SSSR count). The zero-order chi connectivity index (χ0) is 13.3. The molecule has 0 spiro atoms. The summed E-state index contributed by atoms with van der Waals surface area (Å²) in [6.45, 7) is 6.13. The highest BCUT2D eigenvalue weighted by Crippen LogP contribution is 2.26. The fraction of sp³-hybridized carbons (Fsp3) is 0.583. The Bertz CT molecular complexity index is 485. The van der Waals surface area contributed by atoms with Crippen LogP contribution in [0.3, 0.4) is 0 Å². The number of amides is 2. The molecule has 1 aliphatic heterocycles. The normalized spacial score (nSPS) is 24.3. The van der Waals surface area contributed by atoms with E-state index < -0.39 is 5.54 Å². The van der Waals surface area contributed by atoms with E-state index in [-0.39, 0.29) is 18.4 Å². The largest absolute Gasteiger partial charge is 0.345 e. The first kappa shape index (κ1) is 13.0. The predicted molar refractivity (Wildman–Crippen MR) is 69.1 cm³/mol. The van der Waals surface area contributed by atoms with Gasteiger partial charge in [-0.15, -0.1) is 11.3 Å². The number of nitrogens with one attached hydrogen (secondary N) is 1. The number of carbonyl (C=O) groups excluding carboxylic acids is 2. The third-order valence-electron chi connectivity index (χ3n) is 3.43. The van der Waals surface area contributed by atoms with Crippen LogP contribution < -0.4 is 5.32 Å². The van der Waals surface area contributed by atoms with Crippen LogP contribution in [0.4, 0.5) is 0 Å². The predicted octanol–water partition coefficient (Wildman–Crippen LogP) is 1.08. The number of rotatable bonds is 3. The lowest BCUT2D eigenvalue weighted by molar-refractivity contribution is -0.153. The van der Waals surface area contributed by atoms with Crippen molar-refractivity contribution in [2.24, 2.45) is 0 Å². The van der Waals surface area contributed by atoms with Crippen LogP contribution in [-0.2, 0) is 16.1 Å². The third-order valence-corrected chi connectivity index (χ3v) is 4.39. The summed E-state index contributed by atoms with van der Waals surface area (Å²) in [7, 11) is 0.